The van der Waals surface area contributed by atoms with Gasteiger partial charge in [-0.25, -0.2) is 0 Å². The molecule has 278 valence electrons. The number of nitrogens with zero attached hydrogens (tertiary/aromatic N) is 1. The predicted octanol–water partition coefficient (Wildman–Crippen LogP) is 7.49. The summed E-state index contributed by atoms with van der Waals surface area (Å²) in [6, 6.07) is 12.1. The average Bonchev–Trinajstić information content (AvgIpc) is 3.66. The topological polar surface area (TPSA) is 107 Å². The van der Waals surface area contributed by atoms with Gasteiger partial charge >= 0.3 is 0 Å². The van der Waals surface area contributed by atoms with Crippen LogP contribution >= 0.6 is 18.7 Å². The van der Waals surface area contributed by atoms with Gasteiger partial charge in [-0.05, 0) is 70.3 Å². The molecule has 2 aromatic carbocycles. The van der Waals surface area contributed by atoms with Crippen LogP contribution in [0.5, 0.6) is 5.75 Å². The van der Waals surface area contributed by atoms with E-state index in [0.29, 0.717) is 35.3 Å². The molecule has 1 saturated heterocycles. The minimum absolute atomic E-state index is 0.305. The van der Waals surface area contributed by atoms with E-state index in [9.17, 15) is 9.36 Å². The third-order valence-electron chi connectivity index (χ3n) is 10.7. The van der Waals surface area contributed by atoms with Gasteiger partial charge in [-0.3, -0.25) is 20.3 Å². The lowest BCUT2D eigenvalue weighted by atomic mass is 9.79. The van der Waals surface area contributed by atoms with Gasteiger partial charge in [0.1, 0.15) is 19.2 Å². The smallest absolute Gasteiger partial charge is 0.247 e. The number of halogens is 1. The van der Waals surface area contributed by atoms with E-state index in [-0.39, 0.29) is 23.0 Å². The number of anilines is 3. The molecule has 3 aliphatic rings. The normalized spacial score (nSPS) is 22.8. The van der Waals surface area contributed by atoms with E-state index in [1.54, 1.807) is 20.4 Å². The molecule has 1 heterocycles. The van der Waals surface area contributed by atoms with Crippen LogP contribution in [0.3, 0.4) is 0 Å². The van der Waals surface area contributed by atoms with Crippen LogP contribution in [0.2, 0.25) is 0 Å². The highest BCUT2D eigenvalue weighted by atomic mass is 35.5. The highest BCUT2D eigenvalue weighted by molar-refractivity contribution is 7.70. The molecule has 3 fully saturated rings. The van der Waals surface area contributed by atoms with Crippen LogP contribution in [-0.2, 0) is 9.36 Å². The first-order chi connectivity index (χ1) is 24.5. The molecule has 5 N–H and O–H groups in total. The highest BCUT2D eigenvalue weighted by Gasteiger charge is 2.47. The van der Waals surface area contributed by atoms with Crippen molar-refractivity contribution in [3.05, 3.63) is 54.6 Å². The minimum Gasteiger partial charge on any atom is -0.495 e. The Hall–Kier alpha value is -2.99. The summed E-state index contributed by atoms with van der Waals surface area (Å²) in [5.41, 5.74) is 2.37. The van der Waals surface area contributed by atoms with Crippen LogP contribution in [-0.4, -0.2) is 74.3 Å². The van der Waals surface area contributed by atoms with Gasteiger partial charge in [-0.2, -0.15) is 0 Å². The first-order valence-electron chi connectivity index (χ1n) is 18.7. The van der Waals surface area contributed by atoms with Gasteiger partial charge in [-0.1, -0.05) is 88.3 Å². The van der Waals surface area contributed by atoms with Gasteiger partial charge in [0, 0.05) is 28.6 Å². The van der Waals surface area contributed by atoms with Crippen LogP contribution < -0.4 is 36.6 Å². The summed E-state index contributed by atoms with van der Waals surface area (Å²) < 4.78 is 19.2. The molecule has 2 saturated carbocycles. The Morgan fingerprint density at radius 1 is 1.02 bits per heavy atom. The number of benzene rings is 2. The number of amides is 1. The quantitative estimate of drug-likeness (QED) is 0.0740. The second kappa shape index (κ2) is 18.2. The van der Waals surface area contributed by atoms with Crippen molar-refractivity contribution in [2.24, 2.45) is 0 Å². The van der Waals surface area contributed by atoms with Crippen molar-refractivity contribution >= 4 is 47.0 Å². The first kappa shape index (κ1) is 39.2. The fraction of sp³-hybridized carbons (Fsp3) is 0.575. The van der Waals surface area contributed by atoms with Gasteiger partial charge in [0.15, 0.2) is 0 Å². The molecule has 1 amide bonds. The summed E-state index contributed by atoms with van der Waals surface area (Å²) in [6.07, 6.45) is 15.6. The van der Waals surface area contributed by atoms with Crippen LogP contribution in [0, 0.1) is 11.8 Å². The van der Waals surface area contributed by atoms with Crippen LogP contribution in [0.1, 0.15) is 89.0 Å². The first-order valence-corrected chi connectivity index (χ1v) is 21.8. The SMILES string of the molecule is C=CC(=O)Nc1cc(NC2NC(Nc3ccccc3P(C)(C)=O)C(Cl)C3(CCCCCCCCC3)N2)c(OC)cc1C#CCN(C)C1CCCC1. The Balaban J connectivity index is 1.47. The monoisotopic (exact) mass is 736 g/mol. The minimum atomic E-state index is -2.57. The number of para-hydroxylation sites is 1. The van der Waals surface area contributed by atoms with Gasteiger partial charge < -0.3 is 25.3 Å². The summed E-state index contributed by atoms with van der Waals surface area (Å²) in [5.74, 6) is 6.91. The number of methoxy groups -OCH3 is 1. The van der Waals surface area contributed by atoms with Crippen molar-refractivity contribution in [2.45, 2.75) is 113 Å². The number of nitrogens with one attached hydrogen (secondary N) is 5. The molecular weight excluding hydrogens is 679 g/mol. The number of rotatable bonds is 10. The third kappa shape index (κ3) is 10.3. The fourth-order valence-electron chi connectivity index (χ4n) is 7.87. The molecule has 0 aromatic heterocycles. The summed E-state index contributed by atoms with van der Waals surface area (Å²) in [5, 5.41) is 18.4. The number of ether oxygens (including phenoxy) is 1. The molecule has 9 nitrogen and oxygen atoms in total. The molecule has 5 rings (SSSR count). The fourth-order valence-corrected chi connectivity index (χ4v) is 9.45. The Labute approximate surface area is 310 Å². The van der Waals surface area contributed by atoms with E-state index in [0.717, 1.165) is 36.7 Å². The van der Waals surface area contributed by atoms with Crippen molar-refractivity contribution in [3.63, 3.8) is 0 Å². The molecule has 1 spiro atoms. The Morgan fingerprint density at radius 2 is 1.69 bits per heavy atom. The van der Waals surface area contributed by atoms with Gasteiger partial charge in [0.25, 0.3) is 0 Å². The van der Waals surface area contributed by atoms with E-state index in [2.05, 4.69) is 57.0 Å². The predicted molar refractivity (Wildman–Crippen MR) is 214 cm³/mol. The standard InChI is InChI=1S/C40H58ClN6O3P/c1-6-36(48)42-32-28-33(34(50-3)27-29(32)19-18-26-47(2)30-20-12-13-21-30)44-39-45-38(43-31-22-14-15-23-35(31)51(4,5)49)37(41)40(46-39)24-16-10-8-7-9-11-17-25-40/h6,14-15,22-23,27-28,30,37-39,43-46H,1,7-13,16-17,20-21,24-26H2,2-5H3,(H,42,48). The summed E-state index contributed by atoms with van der Waals surface area (Å²) in [4.78, 5) is 14.9. The number of hydrogen-bond acceptors (Lipinski definition) is 8. The largest absolute Gasteiger partial charge is 0.495 e. The molecule has 51 heavy (non-hydrogen) atoms. The summed E-state index contributed by atoms with van der Waals surface area (Å²) >= 11 is 7.53. The molecule has 11 heteroatoms. The zero-order chi connectivity index (χ0) is 36.4. The van der Waals surface area contributed by atoms with E-state index >= 15 is 0 Å². The van der Waals surface area contributed by atoms with E-state index < -0.39 is 13.4 Å². The van der Waals surface area contributed by atoms with Crippen molar-refractivity contribution in [1.82, 2.24) is 15.5 Å². The average molecular weight is 737 g/mol. The second-order valence-corrected chi connectivity index (χ2v) is 18.5. The van der Waals surface area contributed by atoms with Crippen LogP contribution in [0.15, 0.2) is 49.1 Å². The van der Waals surface area contributed by atoms with E-state index in [4.69, 9.17) is 16.3 Å². The number of carbonyl (C=O) groups is 1. The Morgan fingerprint density at radius 3 is 2.33 bits per heavy atom. The lowest BCUT2D eigenvalue weighted by Gasteiger charge is -2.51. The van der Waals surface area contributed by atoms with Crippen molar-refractivity contribution in [2.75, 3.05) is 50.0 Å². The van der Waals surface area contributed by atoms with Gasteiger partial charge in [-0.15, -0.1) is 11.6 Å². The zero-order valence-corrected chi connectivity index (χ0v) is 32.6. The molecule has 2 aromatic rings. The molecule has 1 aliphatic heterocycles. The van der Waals surface area contributed by atoms with Crippen molar-refractivity contribution < 1.29 is 14.1 Å². The zero-order valence-electron chi connectivity index (χ0n) is 31.0. The Bertz CT molecular complexity index is 1600. The molecule has 2 aliphatic carbocycles. The molecule has 3 atom stereocenters. The van der Waals surface area contributed by atoms with E-state index in [1.165, 1.54) is 63.9 Å². The van der Waals surface area contributed by atoms with Crippen LogP contribution in [0.4, 0.5) is 17.1 Å². The van der Waals surface area contributed by atoms with Crippen molar-refractivity contribution in [1.29, 1.82) is 0 Å². The van der Waals surface area contributed by atoms with E-state index in [1.807, 2.05) is 36.4 Å². The van der Waals surface area contributed by atoms with Gasteiger partial charge in [0.2, 0.25) is 5.91 Å². The summed E-state index contributed by atoms with van der Waals surface area (Å²) in [7, 11) is 1.20. The third-order valence-corrected chi connectivity index (χ3v) is 12.9. The maximum absolute atomic E-state index is 13.3. The Kier molecular flexibility index (Phi) is 14.0. The lowest BCUT2D eigenvalue weighted by molar-refractivity contribution is -0.111. The highest BCUT2D eigenvalue weighted by Crippen LogP contribution is 2.40. The maximum Gasteiger partial charge on any atom is 0.247 e. The number of alkyl halides is 1. The van der Waals surface area contributed by atoms with Gasteiger partial charge in [0.05, 0.1) is 42.1 Å². The molecule has 0 bridgehead atoms. The lowest BCUT2D eigenvalue weighted by Crippen LogP contribution is -2.74. The maximum atomic E-state index is 13.3. The molecule has 0 radical (unpaired) electrons. The molecular formula is C40H58ClN6O3P. The second-order valence-electron chi connectivity index (χ2n) is 14.9. The number of carbonyl (C=O) groups excluding carboxylic acids is 1. The van der Waals surface area contributed by atoms with Crippen LogP contribution in [0.25, 0.3) is 0 Å². The van der Waals surface area contributed by atoms with Crippen molar-refractivity contribution in [3.8, 4) is 17.6 Å². The molecule has 3 unspecified atom stereocenters. The number of hydrogen-bond donors (Lipinski definition) is 5. The summed E-state index contributed by atoms with van der Waals surface area (Å²) in [6.45, 7) is 7.90.